The summed E-state index contributed by atoms with van der Waals surface area (Å²) < 4.78 is 32.2. The van der Waals surface area contributed by atoms with E-state index in [1.165, 1.54) is 38.3 Å². The average molecular weight is 363 g/mol. The number of carbonyl (C=O) groups is 1. The molecule has 9 heteroatoms. The van der Waals surface area contributed by atoms with Crippen LogP contribution in [-0.2, 0) is 19.7 Å². The van der Waals surface area contributed by atoms with E-state index in [1.807, 2.05) is 0 Å². The average Bonchev–Trinajstić information content (AvgIpc) is 2.60. The number of benzene rings is 2. The van der Waals surface area contributed by atoms with E-state index < -0.39 is 16.0 Å². The van der Waals surface area contributed by atoms with Crippen molar-refractivity contribution >= 4 is 27.5 Å². The largest absolute Gasteiger partial charge is 0.497 e. The van der Waals surface area contributed by atoms with Crippen molar-refractivity contribution in [3.05, 3.63) is 54.1 Å². The number of nitrogens with two attached hydrogens (primary N) is 1. The van der Waals surface area contributed by atoms with Crippen LogP contribution in [0.4, 0.5) is 5.69 Å². The minimum Gasteiger partial charge on any atom is -0.497 e. The van der Waals surface area contributed by atoms with Crippen molar-refractivity contribution < 1.29 is 22.8 Å². The SMILES string of the molecule is COc1ccc(NS(=O)(=O)c2ccc(/C(N)=N/OC(C)=O)cc2)cc1. The first kappa shape index (κ1) is 18.3. The Labute approximate surface area is 145 Å². The summed E-state index contributed by atoms with van der Waals surface area (Å²) in [5.74, 6) is -0.0251. The van der Waals surface area contributed by atoms with Crippen molar-refractivity contribution in [2.75, 3.05) is 11.8 Å². The maximum absolute atomic E-state index is 12.4. The predicted molar refractivity (Wildman–Crippen MR) is 92.7 cm³/mol. The molecule has 0 saturated carbocycles. The molecule has 25 heavy (non-hydrogen) atoms. The van der Waals surface area contributed by atoms with Gasteiger partial charge >= 0.3 is 5.97 Å². The number of methoxy groups -OCH3 is 1. The highest BCUT2D eigenvalue weighted by Crippen LogP contribution is 2.19. The Morgan fingerprint density at radius 2 is 1.68 bits per heavy atom. The van der Waals surface area contributed by atoms with Gasteiger partial charge in [0.1, 0.15) is 5.75 Å². The van der Waals surface area contributed by atoms with Gasteiger partial charge in [0.25, 0.3) is 10.0 Å². The molecule has 0 fully saturated rings. The van der Waals surface area contributed by atoms with Crippen molar-refractivity contribution in [2.45, 2.75) is 11.8 Å². The van der Waals surface area contributed by atoms with Crippen molar-refractivity contribution in [1.82, 2.24) is 0 Å². The lowest BCUT2D eigenvalue weighted by Gasteiger charge is -2.09. The van der Waals surface area contributed by atoms with Gasteiger partial charge in [-0.05, 0) is 48.5 Å². The molecule has 0 saturated heterocycles. The van der Waals surface area contributed by atoms with E-state index >= 15 is 0 Å². The van der Waals surface area contributed by atoms with E-state index in [-0.39, 0.29) is 10.7 Å². The van der Waals surface area contributed by atoms with Gasteiger partial charge in [0.15, 0.2) is 5.84 Å². The minimum absolute atomic E-state index is 0.0396. The summed E-state index contributed by atoms with van der Waals surface area (Å²) in [5, 5.41) is 3.44. The molecular formula is C16H17N3O5S. The highest BCUT2D eigenvalue weighted by molar-refractivity contribution is 7.92. The second-order valence-electron chi connectivity index (χ2n) is 4.92. The smallest absolute Gasteiger partial charge is 0.332 e. The number of anilines is 1. The van der Waals surface area contributed by atoms with Gasteiger partial charge in [0.05, 0.1) is 12.0 Å². The van der Waals surface area contributed by atoms with Crippen LogP contribution in [0.2, 0.25) is 0 Å². The van der Waals surface area contributed by atoms with Gasteiger partial charge in [-0.1, -0.05) is 5.16 Å². The first-order chi connectivity index (χ1) is 11.8. The zero-order valence-corrected chi connectivity index (χ0v) is 14.4. The topological polar surface area (TPSA) is 120 Å². The molecule has 0 heterocycles. The fourth-order valence-corrected chi connectivity index (χ4v) is 2.90. The molecule has 0 aliphatic heterocycles. The molecule has 3 N–H and O–H groups in total. The van der Waals surface area contributed by atoms with Crippen LogP contribution in [-0.4, -0.2) is 27.3 Å². The summed E-state index contributed by atoms with van der Waals surface area (Å²) in [7, 11) is -2.23. The molecule has 0 aliphatic rings. The molecule has 0 aromatic heterocycles. The van der Waals surface area contributed by atoms with Crippen LogP contribution in [0, 0.1) is 0 Å². The molecule has 0 aliphatic carbocycles. The van der Waals surface area contributed by atoms with Gasteiger partial charge in [0, 0.05) is 18.2 Å². The van der Waals surface area contributed by atoms with Gasteiger partial charge < -0.3 is 15.3 Å². The molecule has 8 nitrogen and oxygen atoms in total. The highest BCUT2D eigenvalue weighted by Gasteiger charge is 2.14. The summed E-state index contributed by atoms with van der Waals surface area (Å²) in [6.07, 6.45) is 0. The Morgan fingerprint density at radius 3 is 2.20 bits per heavy atom. The number of rotatable bonds is 6. The molecule has 0 spiro atoms. The van der Waals surface area contributed by atoms with E-state index in [9.17, 15) is 13.2 Å². The fourth-order valence-electron chi connectivity index (χ4n) is 1.84. The lowest BCUT2D eigenvalue weighted by Crippen LogP contribution is -2.16. The monoisotopic (exact) mass is 363 g/mol. The van der Waals surface area contributed by atoms with Gasteiger partial charge in [-0.3, -0.25) is 4.72 Å². The molecule has 0 unspecified atom stereocenters. The van der Waals surface area contributed by atoms with Crippen molar-refractivity contribution in [1.29, 1.82) is 0 Å². The number of nitrogens with zero attached hydrogens (tertiary/aromatic N) is 1. The molecule has 0 amide bonds. The molecule has 2 rings (SSSR count). The van der Waals surface area contributed by atoms with E-state index in [2.05, 4.69) is 14.7 Å². The Hall–Kier alpha value is -3.07. The minimum atomic E-state index is -3.76. The molecule has 0 radical (unpaired) electrons. The van der Waals surface area contributed by atoms with Gasteiger partial charge in [-0.2, -0.15) is 0 Å². The number of nitrogens with one attached hydrogen (secondary N) is 1. The molecule has 2 aromatic rings. The Kier molecular flexibility index (Phi) is 5.60. The van der Waals surface area contributed by atoms with Crippen LogP contribution in [0.25, 0.3) is 0 Å². The number of hydrogen-bond acceptors (Lipinski definition) is 6. The highest BCUT2D eigenvalue weighted by atomic mass is 32.2. The van der Waals surface area contributed by atoms with E-state index in [1.54, 1.807) is 24.3 Å². The zero-order valence-electron chi connectivity index (χ0n) is 13.6. The third-order valence-corrected chi connectivity index (χ3v) is 4.47. The molecule has 0 atom stereocenters. The zero-order chi connectivity index (χ0) is 18.4. The molecule has 2 aromatic carbocycles. The van der Waals surface area contributed by atoms with E-state index in [0.717, 1.165) is 0 Å². The fraction of sp³-hybridized carbons (Fsp3) is 0.125. The third kappa shape index (κ3) is 4.95. The second-order valence-corrected chi connectivity index (χ2v) is 6.60. The lowest BCUT2D eigenvalue weighted by molar-refractivity contribution is -0.140. The Bertz CT molecular complexity index is 875. The summed E-state index contributed by atoms with van der Waals surface area (Å²) >= 11 is 0. The number of ether oxygens (including phenoxy) is 1. The number of oxime groups is 1. The lowest BCUT2D eigenvalue weighted by atomic mass is 10.2. The summed E-state index contributed by atoms with van der Waals surface area (Å²) in [6, 6.07) is 12.1. The normalized spacial score (nSPS) is 11.7. The van der Waals surface area contributed by atoms with Gasteiger partial charge in [-0.15, -0.1) is 0 Å². The number of carbonyl (C=O) groups excluding carboxylic acids is 1. The first-order valence-electron chi connectivity index (χ1n) is 7.10. The summed E-state index contributed by atoms with van der Waals surface area (Å²) in [6.45, 7) is 1.19. The Balaban J connectivity index is 2.16. The standard InChI is InChI=1S/C16H17N3O5S/c1-11(20)24-18-16(17)12-3-9-15(10-4-12)25(21,22)19-13-5-7-14(23-2)8-6-13/h3-10,19H,1-2H3,(H2,17,18). The van der Waals surface area contributed by atoms with Crippen LogP contribution in [0.15, 0.2) is 58.6 Å². The van der Waals surface area contributed by atoms with E-state index in [0.29, 0.717) is 17.0 Å². The van der Waals surface area contributed by atoms with Crippen LogP contribution in [0.5, 0.6) is 5.75 Å². The second kappa shape index (κ2) is 7.67. The van der Waals surface area contributed by atoms with E-state index in [4.69, 9.17) is 10.5 Å². The Morgan fingerprint density at radius 1 is 1.08 bits per heavy atom. The van der Waals surface area contributed by atoms with Crippen molar-refractivity contribution in [2.24, 2.45) is 10.9 Å². The summed E-state index contributed by atoms with van der Waals surface area (Å²) in [5.41, 5.74) is 6.47. The maximum Gasteiger partial charge on any atom is 0.332 e. The van der Waals surface area contributed by atoms with Crippen LogP contribution >= 0.6 is 0 Å². The third-order valence-electron chi connectivity index (χ3n) is 3.08. The van der Waals surface area contributed by atoms with Gasteiger partial charge in [-0.25, -0.2) is 13.2 Å². The van der Waals surface area contributed by atoms with Crippen LogP contribution < -0.4 is 15.2 Å². The van der Waals surface area contributed by atoms with Crippen molar-refractivity contribution in [3.63, 3.8) is 0 Å². The van der Waals surface area contributed by atoms with Crippen LogP contribution in [0.1, 0.15) is 12.5 Å². The van der Waals surface area contributed by atoms with Gasteiger partial charge in [0.2, 0.25) is 0 Å². The van der Waals surface area contributed by atoms with Crippen molar-refractivity contribution in [3.8, 4) is 5.75 Å². The number of sulfonamides is 1. The first-order valence-corrected chi connectivity index (χ1v) is 8.58. The van der Waals surface area contributed by atoms with Crippen LogP contribution in [0.3, 0.4) is 0 Å². The molecule has 132 valence electrons. The molecule has 0 bridgehead atoms. The summed E-state index contributed by atoms with van der Waals surface area (Å²) in [4.78, 5) is 15.2. The maximum atomic E-state index is 12.4. The predicted octanol–water partition coefficient (Wildman–Crippen LogP) is 1.68. The number of amidine groups is 1. The number of hydrogen-bond donors (Lipinski definition) is 2. The molecular weight excluding hydrogens is 346 g/mol. The quantitative estimate of drug-likeness (QED) is 0.349.